The average Bonchev–Trinajstić information content (AvgIpc) is 2.61. The molecule has 0 aliphatic heterocycles. The standard InChI is InChI=1S/C19H22FNO3/c1-4-21(19(22)12-14-5-8-16(20)9-6-14)13-15-7-10-17(23-2)18(11-15)24-3/h5-11H,4,12-13H2,1-3H3. The van der Waals surface area contributed by atoms with Gasteiger partial charge in [-0.15, -0.1) is 0 Å². The Morgan fingerprint density at radius 3 is 2.21 bits per heavy atom. The summed E-state index contributed by atoms with van der Waals surface area (Å²) in [5, 5.41) is 0. The third kappa shape index (κ3) is 4.47. The minimum Gasteiger partial charge on any atom is -0.493 e. The van der Waals surface area contributed by atoms with E-state index in [0.717, 1.165) is 11.1 Å². The lowest BCUT2D eigenvalue weighted by atomic mass is 10.1. The van der Waals surface area contributed by atoms with Crippen LogP contribution in [0.25, 0.3) is 0 Å². The van der Waals surface area contributed by atoms with Gasteiger partial charge in [0.05, 0.1) is 20.6 Å². The van der Waals surface area contributed by atoms with Gasteiger partial charge in [-0.05, 0) is 42.3 Å². The second kappa shape index (κ2) is 8.34. The zero-order valence-corrected chi connectivity index (χ0v) is 14.2. The lowest BCUT2D eigenvalue weighted by molar-refractivity contribution is -0.130. The van der Waals surface area contributed by atoms with Crippen molar-refractivity contribution in [2.45, 2.75) is 19.9 Å². The maximum Gasteiger partial charge on any atom is 0.227 e. The molecule has 0 atom stereocenters. The summed E-state index contributed by atoms with van der Waals surface area (Å²) in [6, 6.07) is 11.6. The minimum absolute atomic E-state index is 0.00102. The summed E-state index contributed by atoms with van der Waals surface area (Å²) in [6.45, 7) is 3.01. The van der Waals surface area contributed by atoms with Gasteiger partial charge in [0, 0.05) is 13.1 Å². The molecule has 0 unspecified atom stereocenters. The van der Waals surface area contributed by atoms with Gasteiger partial charge in [-0.25, -0.2) is 4.39 Å². The molecule has 0 aliphatic carbocycles. The van der Waals surface area contributed by atoms with E-state index in [-0.39, 0.29) is 18.1 Å². The number of ether oxygens (including phenoxy) is 2. The number of rotatable bonds is 7. The highest BCUT2D eigenvalue weighted by Crippen LogP contribution is 2.28. The lowest BCUT2D eigenvalue weighted by Gasteiger charge is -2.22. The molecule has 0 N–H and O–H groups in total. The first-order chi connectivity index (χ1) is 11.6. The number of carbonyl (C=O) groups is 1. The molecule has 0 aromatic heterocycles. The lowest BCUT2D eigenvalue weighted by Crippen LogP contribution is -2.31. The first-order valence-corrected chi connectivity index (χ1v) is 7.80. The molecule has 1 amide bonds. The maximum atomic E-state index is 13.0. The number of methoxy groups -OCH3 is 2. The van der Waals surface area contributed by atoms with E-state index in [1.165, 1.54) is 12.1 Å². The largest absolute Gasteiger partial charge is 0.493 e. The number of hydrogen-bond donors (Lipinski definition) is 0. The average molecular weight is 331 g/mol. The zero-order chi connectivity index (χ0) is 17.5. The summed E-state index contributed by atoms with van der Waals surface area (Å²) >= 11 is 0. The molecule has 2 aromatic carbocycles. The second-order valence-corrected chi connectivity index (χ2v) is 5.40. The van der Waals surface area contributed by atoms with Gasteiger partial charge in [0.2, 0.25) is 5.91 Å². The Kier molecular flexibility index (Phi) is 6.18. The van der Waals surface area contributed by atoms with Crippen molar-refractivity contribution in [1.29, 1.82) is 0 Å². The third-order valence-corrected chi connectivity index (χ3v) is 3.82. The molecule has 24 heavy (non-hydrogen) atoms. The summed E-state index contributed by atoms with van der Waals surface area (Å²) in [6.07, 6.45) is 0.251. The zero-order valence-electron chi connectivity index (χ0n) is 14.2. The molecule has 0 saturated carbocycles. The third-order valence-electron chi connectivity index (χ3n) is 3.82. The number of carbonyl (C=O) groups excluding carboxylic acids is 1. The Balaban J connectivity index is 2.08. The first kappa shape index (κ1) is 17.8. The molecular weight excluding hydrogens is 309 g/mol. The molecule has 5 heteroatoms. The van der Waals surface area contributed by atoms with Gasteiger partial charge in [-0.2, -0.15) is 0 Å². The second-order valence-electron chi connectivity index (χ2n) is 5.40. The molecule has 0 fully saturated rings. The SMILES string of the molecule is CCN(Cc1ccc(OC)c(OC)c1)C(=O)Cc1ccc(F)cc1. The quantitative estimate of drug-likeness (QED) is 0.780. The van der Waals surface area contributed by atoms with Crippen molar-refractivity contribution in [2.75, 3.05) is 20.8 Å². The van der Waals surface area contributed by atoms with Crippen LogP contribution < -0.4 is 9.47 Å². The van der Waals surface area contributed by atoms with E-state index in [0.29, 0.717) is 24.6 Å². The van der Waals surface area contributed by atoms with Gasteiger partial charge < -0.3 is 14.4 Å². The summed E-state index contributed by atoms with van der Waals surface area (Å²) in [5.74, 6) is 0.988. The number of benzene rings is 2. The molecule has 0 heterocycles. The van der Waals surface area contributed by atoms with E-state index < -0.39 is 0 Å². The Bertz CT molecular complexity index is 686. The van der Waals surface area contributed by atoms with E-state index in [1.807, 2.05) is 25.1 Å². The van der Waals surface area contributed by atoms with Crippen LogP contribution in [0, 0.1) is 5.82 Å². The Hall–Kier alpha value is -2.56. The maximum absolute atomic E-state index is 13.0. The van der Waals surface area contributed by atoms with E-state index in [4.69, 9.17) is 9.47 Å². The Labute approximate surface area is 141 Å². The monoisotopic (exact) mass is 331 g/mol. The van der Waals surface area contributed by atoms with E-state index in [9.17, 15) is 9.18 Å². The van der Waals surface area contributed by atoms with Crippen molar-refractivity contribution < 1.29 is 18.7 Å². The number of likely N-dealkylation sites (N-methyl/N-ethyl adjacent to an activating group) is 1. The van der Waals surface area contributed by atoms with Crippen LogP contribution in [0.5, 0.6) is 11.5 Å². The summed E-state index contributed by atoms with van der Waals surface area (Å²) in [7, 11) is 3.17. The van der Waals surface area contributed by atoms with Crippen LogP contribution in [0.4, 0.5) is 4.39 Å². The van der Waals surface area contributed by atoms with Gasteiger partial charge in [0.1, 0.15) is 5.82 Å². The van der Waals surface area contributed by atoms with Crippen molar-refractivity contribution >= 4 is 5.91 Å². The first-order valence-electron chi connectivity index (χ1n) is 7.80. The van der Waals surface area contributed by atoms with Crippen LogP contribution in [0.15, 0.2) is 42.5 Å². The minimum atomic E-state index is -0.302. The fraction of sp³-hybridized carbons (Fsp3) is 0.316. The topological polar surface area (TPSA) is 38.8 Å². The number of halogens is 1. The molecule has 128 valence electrons. The summed E-state index contributed by atoms with van der Waals surface area (Å²) in [5.41, 5.74) is 1.76. The van der Waals surface area contributed by atoms with Gasteiger partial charge in [-0.1, -0.05) is 18.2 Å². The van der Waals surface area contributed by atoms with Crippen LogP contribution in [-0.2, 0) is 17.8 Å². The van der Waals surface area contributed by atoms with Gasteiger partial charge in [0.25, 0.3) is 0 Å². The van der Waals surface area contributed by atoms with Crippen molar-refractivity contribution in [1.82, 2.24) is 4.90 Å². The molecule has 0 radical (unpaired) electrons. The van der Waals surface area contributed by atoms with Crippen molar-refractivity contribution in [3.05, 3.63) is 59.4 Å². The van der Waals surface area contributed by atoms with E-state index >= 15 is 0 Å². The van der Waals surface area contributed by atoms with Crippen molar-refractivity contribution in [3.8, 4) is 11.5 Å². The van der Waals surface area contributed by atoms with Crippen LogP contribution in [0.3, 0.4) is 0 Å². The van der Waals surface area contributed by atoms with E-state index in [1.54, 1.807) is 31.3 Å². The van der Waals surface area contributed by atoms with Crippen LogP contribution in [0.1, 0.15) is 18.1 Å². The molecule has 4 nitrogen and oxygen atoms in total. The van der Waals surface area contributed by atoms with Crippen LogP contribution >= 0.6 is 0 Å². The Morgan fingerprint density at radius 1 is 1.00 bits per heavy atom. The number of nitrogens with zero attached hydrogens (tertiary/aromatic N) is 1. The van der Waals surface area contributed by atoms with Gasteiger partial charge >= 0.3 is 0 Å². The fourth-order valence-corrected chi connectivity index (χ4v) is 2.46. The van der Waals surface area contributed by atoms with Crippen LogP contribution in [0.2, 0.25) is 0 Å². The predicted octanol–water partition coefficient (Wildman–Crippen LogP) is 3.43. The molecule has 0 saturated heterocycles. The highest BCUT2D eigenvalue weighted by atomic mass is 19.1. The summed E-state index contributed by atoms with van der Waals surface area (Å²) < 4.78 is 23.5. The fourth-order valence-electron chi connectivity index (χ4n) is 2.46. The smallest absolute Gasteiger partial charge is 0.227 e. The molecule has 2 aromatic rings. The van der Waals surface area contributed by atoms with Crippen molar-refractivity contribution in [3.63, 3.8) is 0 Å². The molecular formula is C19H22FNO3. The molecule has 0 spiro atoms. The molecule has 0 bridgehead atoms. The van der Waals surface area contributed by atoms with E-state index in [2.05, 4.69) is 0 Å². The highest BCUT2D eigenvalue weighted by Gasteiger charge is 2.14. The van der Waals surface area contributed by atoms with Crippen molar-refractivity contribution in [2.24, 2.45) is 0 Å². The molecule has 0 aliphatic rings. The summed E-state index contributed by atoms with van der Waals surface area (Å²) in [4.78, 5) is 14.2. The normalized spacial score (nSPS) is 10.3. The van der Waals surface area contributed by atoms with Crippen LogP contribution in [-0.4, -0.2) is 31.6 Å². The van der Waals surface area contributed by atoms with Gasteiger partial charge in [-0.3, -0.25) is 4.79 Å². The van der Waals surface area contributed by atoms with Gasteiger partial charge in [0.15, 0.2) is 11.5 Å². The molecule has 2 rings (SSSR count). The number of hydrogen-bond acceptors (Lipinski definition) is 3. The predicted molar refractivity (Wildman–Crippen MR) is 90.7 cm³/mol. The Morgan fingerprint density at radius 2 is 1.62 bits per heavy atom. The number of amides is 1. The highest BCUT2D eigenvalue weighted by molar-refractivity contribution is 5.78.